The lowest BCUT2D eigenvalue weighted by molar-refractivity contribution is -0.110. The van der Waals surface area contributed by atoms with Crippen molar-refractivity contribution in [1.29, 1.82) is 0 Å². The molecule has 0 aromatic carbocycles. The third-order valence-corrected chi connectivity index (χ3v) is 10.2. The Morgan fingerprint density at radius 1 is 0.972 bits per heavy atom. The van der Waals surface area contributed by atoms with Crippen LogP contribution in [0, 0.1) is 11.3 Å². The Hall–Kier alpha value is -1.53. The summed E-state index contributed by atoms with van der Waals surface area (Å²) in [4.78, 5) is 27.4. The van der Waals surface area contributed by atoms with E-state index in [2.05, 4.69) is 40.9 Å². The molecule has 200 valence electrons. The maximum absolute atomic E-state index is 9.50. The van der Waals surface area contributed by atoms with Gasteiger partial charge in [-0.15, -0.1) is 0 Å². The molecule has 5 aliphatic rings. The van der Waals surface area contributed by atoms with E-state index in [4.69, 9.17) is 9.97 Å². The highest BCUT2D eigenvalue weighted by atomic mass is 16.1. The summed E-state index contributed by atoms with van der Waals surface area (Å²) in [6.07, 6.45) is 19.1. The highest BCUT2D eigenvalue weighted by molar-refractivity contribution is 5.51. The summed E-state index contributed by atoms with van der Waals surface area (Å²) >= 11 is 0. The van der Waals surface area contributed by atoms with Crippen LogP contribution in [0.4, 0.5) is 5.95 Å². The fraction of sp³-hybridized carbons (Fsp3) is 0.833. The van der Waals surface area contributed by atoms with Crippen LogP contribution in [0.5, 0.6) is 0 Å². The number of hydrogen-bond donors (Lipinski definition) is 0. The van der Waals surface area contributed by atoms with Crippen LogP contribution < -0.4 is 4.90 Å². The molecule has 1 spiro atoms. The summed E-state index contributed by atoms with van der Waals surface area (Å²) in [5.74, 6) is 1.84. The molecule has 1 aromatic rings. The molecule has 0 amide bonds. The summed E-state index contributed by atoms with van der Waals surface area (Å²) in [5.41, 5.74) is 2.17. The second-order valence-electron chi connectivity index (χ2n) is 12.9. The topological polar surface area (TPSA) is 52.6 Å². The number of fused-ring (bicyclic) bond motifs is 2. The second-order valence-corrected chi connectivity index (χ2v) is 12.9. The van der Waals surface area contributed by atoms with Crippen LogP contribution in [-0.2, 0) is 4.79 Å². The smallest absolute Gasteiger partial charge is 0.225 e. The van der Waals surface area contributed by atoms with Gasteiger partial charge in [-0.1, -0.05) is 27.2 Å². The fourth-order valence-corrected chi connectivity index (χ4v) is 7.44. The predicted molar refractivity (Wildman–Crippen MR) is 146 cm³/mol. The van der Waals surface area contributed by atoms with Gasteiger partial charge in [0.2, 0.25) is 5.95 Å². The summed E-state index contributed by atoms with van der Waals surface area (Å²) in [5, 5.41) is 0. The monoisotopic (exact) mass is 495 g/mol. The minimum absolute atomic E-state index is 0.204. The lowest BCUT2D eigenvalue weighted by atomic mass is 9.53. The number of anilines is 1. The van der Waals surface area contributed by atoms with Crippen LogP contribution in [0.15, 0.2) is 12.4 Å². The highest BCUT2D eigenvalue weighted by Crippen LogP contribution is 2.57. The van der Waals surface area contributed by atoms with Crippen LogP contribution in [-0.4, -0.2) is 76.4 Å². The van der Waals surface area contributed by atoms with Crippen molar-refractivity contribution in [2.45, 2.75) is 122 Å². The Morgan fingerprint density at radius 2 is 1.56 bits per heavy atom. The summed E-state index contributed by atoms with van der Waals surface area (Å²) in [6, 6.07) is 2.79. The van der Waals surface area contributed by atoms with Gasteiger partial charge >= 0.3 is 0 Å². The molecule has 0 radical (unpaired) electrons. The molecule has 2 aliphatic carbocycles. The van der Waals surface area contributed by atoms with Gasteiger partial charge in [-0.25, -0.2) is 9.97 Å². The van der Waals surface area contributed by atoms with Crippen molar-refractivity contribution in [1.82, 2.24) is 19.8 Å². The van der Waals surface area contributed by atoms with Crippen LogP contribution in [0.2, 0.25) is 0 Å². The van der Waals surface area contributed by atoms with Crippen molar-refractivity contribution in [2.75, 3.05) is 31.1 Å². The van der Waals surface area contributed by atoms with Gasteiger partial charge in [0.1, 0.15) is 6.29 Å². The van der Waals surface area contributed by atoms with Crippen LogP contribution >= 0.6 is 0 Å². The molecule has 3 aliphatic heterocycles. The molecule has 6 rings (SSSR count). The number of likely N-dealkylation sites (tertiary alicyclic amines) is 2. The zero-order chi connectivity index (χ0) is 25.3. The van der Waals surface area contributed by atoms with Gasteiger partial charge in [-0.2, -0.15) is 0 Å². The molecule has 6 nitrogen and oxygen atoms in total. The lowest BCUT2D eigenvalue weighted by Gasteiger charge is -2.58. The van der Waals surface area contributed by atoms with E-state index in [1.54, 1.807) is 0 Å². The molecule has 2 bridgehead atoms. The van der Waals surface area contributed by atoms with E-state index in [1.807, 2.05) is 13.8 Å². The summed E-state index contributed by atoms with van der Waals surface area (Å²) in [6.45, 7) is 13.3. The SMILES string of the molecule is CC(C)C=O.CCC(C)N1CC2CCC(C1)N2c1ncc(C2CCN(C3CC4(CCC4)C3)CC2)cn1. The fourth-order valence-electron chi connectivity index (χ4n) is 7.44. The van der Waals surface area contributed by atoms with Crippen molar-refractivity contribution in [3.63, 3.8) is 0 Å². The van der Waals surface area contributed by atoms with E-state index < -0.39 is 0 Å². The minimum atomic E-state index is 0.204. The van der Waals surface area contributed by atoms with E-state index in [9.17, 15) is 4.79 Å². The first-order valence-electron chi connectivity index (χ1n) is 14.9. The van der Waals surface area contributed by atoms with Gasteiger partial charge in [-0.3, -0.25) is 4.90 Å². The summed E-state index contributed by atoms with van der Waals surface area (Å²) in [7, 11) is 0. The maximum Gasteiger partial charge on any atom is 0.225 e. The van der Waals surface area contributed by atoms with E-state index in [1.165, 1.54) is 96.0 Å². The second kappa shape index (κ2) is 11.1. The predicted octanol–water partition coefficient (Wildman–Crippen LogP) is 5.28. The Morgan fingerprint density at radius 3 is 2.03 bits per heavy atom. The van der Waals surface area contributed by atoms with Crippen LogP contribution in [0.25, 0.3) is 0 Å². The largest absolute Gasteiger partial charge is 0.332 e. The van der Waals surface area contributed by atoms with Crippen molar-refractivity contribution in [3.05, 3.63) is 18.0 Å². The third kappa shape index (κ3) is 5.36. The number of aldehydes is 1. The minimum Gasteiger partial charge on any atom is -0.332 e. The average Bonchev–Trinajstić information content (AvgIpc) is 3.11. The standard InChI is InChI=1S/C26H41N5.C4H8O/c1-3-19(2)30-17-22-5-6-23(18-30)31(22)25-27-15-21(16-28-25)20-7-11-29(12-8-20)24-13-26(14-24)9-4-10-26;1-4(2)3-5/h15-16,19-20,22-24H,3-14,17-18H2,1-2H3;3-4H,1-2H3. The Bertz CT molecular complexity index is 839. The van der Waals surface area contributed by atoms with E-state index in [0.717, 1.165) is 23.7 Å². The molecular formula is C30H49N5O. The number of hydrogen-bond acceptors (Lipinski definition) is 6. The number of rotatable bonds is 6. The number of nitrogens with zero attached hydrogens (tertiary/aromatic N) is 5. The van der Waals surface area contributed by atoms with E-state index in [-0.39, 0.29) is 5.92 Å². The molecule has 4 heterocycles. The third-order valence-electron chi connectivity index (χ3n) is 10.2. The molecule has 36 heavy (non-hydrogen) atoms. The van der Waals surface area contributed by atoms with Gasteiger partial charge in [0, 0.05) is 55.6 Å². The van der Waals surface area contributed by atoms with Crippen molar-refractivity contribution < 1.29 is 4.79 Å². The van der Waals surface area contributed by atoms with Gasteiger partial charge in [0.25, 0.3) is 0 Å². The van der Waals surface area contributed by atoms with Gasteiger partial charge in [-0.05, 0) is 94.7 Å². The van der Waals surface area contributed by atoms with Crippen molar-refractivity contribution >= 4 is 12.2 Å². The first-order chi connectivity index (χ1) is 17.4. The molecular weight excluding hydrogens is 446 g/mol. The van der Waals surface area contributed by atoms with Gasteiger partial charge < -0.3 is 14.6 Å². The average molecular weight is 496 g/mol. The zero-order valence-electron chi connectivity index (χ0n) is 23.2. The number of carbonyl (C=O) groups is 1. The zero-order valence-corrected chi connectivity index (χ0v) is 23.2. The number of piperidine rings is 1. The number of carbonyl (C=O) groups excluding carboxylic acids is 1. The molecule has 0 N–H and O–H groups in total. The number of aromatic nitrogens is 2. The molecule has 3 unspecified atom stereocenters. The first kappa shape index (κ1) is 26.1. The maximum atomic E-state index is 9.50. The molecule has 3 saturated heterocycles. The van der Waals surface area contributed by atoms with Gasteiger partial charge in [0.15, 0.2) is 0 Å². The van der Waals surface area contributed by atoms with Crippen LogP contribution in [0.1, 0.15) is 103 Å². The van der Waals surface area contributed by atoms with Crippen molar-refractivity contribution in [3.8, 4) is 0 Å². The lowest BCUT2D eigenvalue weighted by Crippen LogP contribution is -2.56. The summed E-state index contributed by atoms with van der Waals surface area (Å²) < 4.78 is 0. The molecule has 6 heteroatoms. The molecule has 5 fully saturated rings. The number of piperazine rings is 1. The van der Waals surface area contributed by atoms with Crippen LogP contribution in [0.3, 0.4) is 0 Å². The quantitative estimate of drug-likeness (QED) is 0.501. The van der Waals surface area contributed by atoms with Crippen molar-refractivity contribution in [2.24, 2.45) is 11.3 Å². The highest BCUT2D eigenvalue weighted by Gasteiger charge is 2.50. The Kier molecular flexibility index (Phi) is 8.02. The van der Waals surface area contributed by atoms with Gasteiger partial charge in [0.05, 0.1) is 0 Å². The van der Waals surface area contributed by atoms with E-state index in [0.29, 0.717) is 24.0 Å². The molecule has 2 saturated carbocycles. The first-order valence-corrected chi connectivity index (χ1v) is 14.9. The molecule has 3 atom stereocenters. The molecule has 1 aromatic heterocycles. The van der Waals surface area contributed by atoms with E-state index >= 15 is 0 Å². The Labute approximate surface area is 219 Å². The Balaban J connectivity index is 0.000000489. The normalized spacial score (nSPS) is 29.4.